The Morgan fingerprint density at radius 2 is 1.81 bits per heavy atom. The molecule has 148 valence electrons. The lowest BCUT2D eigenvalue weighted by atomic mass is 10.3. The van der Waals surface area contributed by atoms with Crippen molar-refractivity contribution < 1.29 is 13.2 Å². The van der Waals surface area contributed by atoms with E-state index in [9.17, 15) is 13.2 Å². The van der Waals surface area contributed by atoms with E-state index in [1.54, 1.807) is 17.4 Å². The summed E-state index contributed by atoms with van der Waals surface area (Å²) in [5.74, 6) is -0.0391. The molecule has 1 aliphatic heterocycles. The first-order valence-corrected chi connectivity index (χ1v) is 12.2. The molecule has 1 aliphatic rings. The third-order valence-electron chi connectivity index (χ3n) is 4.37. The lowest BCUT2D eigenvalue weighted by Gasteiger charge is -2.33. The first-order valence-electron chi connectivity index (χ1n) is 8.70. The van der Waals surface area contributed by atoms with Crippen LogP contribution < -0.4 is 5.32 Å². The number of hydrogen-bond acceptors (Lipinski definition) is 6. The molecule has 10 heteroatoms. The highest BCUT2D eigenvalue weighted by Gasteiger charge is 2.30. The predicted octanol–water partition coefficient (Wildman–Crippen LogP) is 2.65. The smallest absolute Gasteiger partial charge is 0.252 e. The molecule has 2 aromatic heterocycles. The van der Waals surface area contributed by atoms with Gasteiger partial charge in [-0.05, 0) is 30.7 Å². The van der Waals surface area contributed by atoms with Gasteiger partial charge < -0.3 is 5.32 Å². The number of piperazine rings is 1. The fourth-order valence-corrected chi connectivity index (χ4v) is 6.80. The van der Waals surface area contributed by atoms with Gasteiger partial charge in [-0.2, -0.15) is 4.31 Å². The maximum Gasteiger partial charge on any atom is 0.252 e. The Morgan fingerprint density at radius 3 is 2.41 bits per heavy atom. The summed E-state index contributed by atoms with van der Waals surface area (Å²) in [5, 5.41) is 2.94. The first kappa shape index (κ1) is 20.8. The average Bonchev–Trinajstić information content (AvgIpc) is 3.29. The molecular formula is C17H22ClN3O3S3. The molecule has 1 N–H and O–H groups in total. The van der Waals surface area contributed by atoms with Crippen molar-refractivity contribution >= 4 is 50.2 Å². The van der Waals surface area contributed by atoms with Crippen LogP contribution in [0.2, 0.25) is 4.34 Å². The number of hydrogen-bond donors (Lipinski definition) is 1. The highest BCUT2D eigenvalue weighted by molar-refractivity contribution is 7.91. The molecule has 0 unspecified atom stereocenters. The Bertz CT molecular complexity index is 886. The van der Waals surface area contributed by atoms with Gasteiger partial charge in [0.2, 0.25) is 5.91 Å². The summed E-state index contributed by atoms with van der Waals surface area (Å²) in [5.41, 5.74) is 0. The maximum absolute atomic E-state index is 12.6. The van der Waals surface area contributed by atoms with Crippen molar-refractivity contribution in [2.24, 2.45) is 0 Å². The molecule has 3 heterocycles. The van der Waals surface area contributed by atoms with Crippen LogP contribution >= 0.6 is 34.3 Å². The molecule has 0 saturated carbocycles. The molecule has 0 radical (unpaired) electrons. The Labute approximate surface area is 172 Å². The van der Waals surface area contributed by atoms with Gasteiger partial charge in [-0.15, -0.1) is 22.7 Å². The summed E-state index contributed by atoms with van der Waals surface area (Å²) in [6, 6.07) is 7.27. The molecule has 0 atom stereocenters. The van der Waals surface area contributed by atoms with Crippen LogP contribution in [-0.2, 0) is 27.8 Å². The predicted molar refractivity (Wildman–Crippen MR) is 110 cm³/mol. The van der Waals surface area contributed by atoms with E-state index in [-0.39, 0.29) is 16.7 Å². The number of carbonyl (C=O) groups excluding carboxylic acids is 1. The number of sulfonamides is 1. The zero-order valence-electron chi connectivity index (χ0n) is 15.0. The van der Waals surface area contributed by atoms with Crippen LogP contribution in [-0.4, -0.2) is 56.3 Å². The van der Waals surface area contributed by atoms with Gasteiger partial charge in [-0.1, -0.05) is 18.5 Å². The SMILES string of the molecule is CCc1ccc(CNC(=O)CN2CCN(S(=O)(=O)c3ccc(Cl)s3)CC2)s1. The number of halogens is 1. The van der Waals surface area contributed by atoms with Crippen molar-refractivity contribution in [3.8, 4) is 0 Å². The fourth-order valence-electron chi connectivity index (χ4n) is 2.84. The Kier molecular flexibility index (Phi) is 6.93. The number of carbonyl (C=O) groups is 1. The van der Waals surface area contributed by atoms with Crippen molar-refractivity contribution in [2.75, 3.05) is 32.7 Å². The molecule has 0 bridgehead atoms. The van der Waals surface area contributed by atoms with Gasteiger partial charge in [-0.25, -0.2) is 8.42 Å². The van der Waals surface area contributed by atoms with Crippen molar-refractivity contribution in [2.45, 2.75) is 24.1 Å². The average molecular weight is 448 g/mol. The number of aryl methyl sites for hydroxylation is 1. The van der Waals surface area contributed by atoms with Gasteiger partial charge >= 0.3 is 0 Å². The Hall–Kier alpha value is -0.970. The fraction of sp³-hybridized carbons (Fsp3) is 0.471. The molecule has 0 spiro atoms. The Balaban J connectivity index is 1.45. The summed E-state index contributed by atoms with van der Waals surface area (Å²) < 4.78 is 27.4. The highest BCUT2D eigenvalue weighted by atomic mass is 35.5. The summed E-state index contributed by atoms with van der Waals surface area (Å²) >= 11 is 8.63. The van der Waals surface area contributed by atoms with E-state index in [4.69, 9.17) is 11.6 Å². The summed E-state index contributed by atoms with van der Waals surface area (Å²) in [6.45, 7) is 4.74. The molecular weight excluding hydrogens is 426 g/mol. The molecule has 0 aromatic carbocycles. The van der Waals surface area contributed by atoms with E-state index >= 15 is 0 Å². The summed E-state index contributed by atoms with van der Waals surface area (Å²) in [4.78, 5) is 16.6. The van der Waals surface area contributed by atoms with Crippen LogP contribution in [0, 0.1) is 0 Å². The minimum absolute atomic E-state index is 0.0391. The van der Waals surface area contributed by atoms with Crippen LogP contribution in [0.3, 0.4) is 0 Å². The molecule has 2 aromatic rings. The lowest BCUT2D eigenvalue weighted by molar-refractivity contribution is -0.122. The quantitative estimate of drug-likeness (QED) is 0.708. The van der Waals surface area contributed by atoms with E-state index in [2.05, 4.69) is 18.3 Å². The van der Waals surface area contributed by atoms with Gasteiger partial charge in [0.25, 0.3) is 10.0 Å². The first-order chi connectivity index (χ1) is 12.9. The molecule has 27 heavy (non-hydrogen) atoms. The third-order valence-corrected chi connectivity index (χ3v) is 9.19. The number of amides is 1. The van der Waals surface area contributed by atoms with E-state index < -0.39 is 10.0 Å². The molecule has 6 nitrogen and oxygen atoms in total. The van der Waals surface area contributed by atoms with Crippen molar-refractivity contribution in [1.29, 1.82) is 0 Å². The van der Waals surface area contributed by atoms with Crippen molar-refractivity contribution in [3.05, 3.63) is 38.4 Å². The van der Waals surface area contributed by atoms with Gasteiger partial charge in [0, 0.05) is 35.9 Å². The zero-order valence-corrected chi connectivity index (χ0v) is 18.2. The molecule has 0 aliphatic carbocycles. The van der Waals surface area contributed by atoms with Crippen LogP contribution in [0.15, 0.2) is 28.5 Å². The van der Waals surface area contributed by atoms with Crippen LogP contribution in [0.4, 0.5) is 0 Å². The van der Waals surface area contributed by atoms with Gasteiger partial charge in [0.15, 0.2) is 0 Å². The standard InChI is InChI=1S/C17H22ClN3O3S3/c1-2-13-3-4-14(25-13)11-19-16(22)12-20-7-9-21(10-8-20)27(23,24)17-6-5-15(18)26-17/h3-6H,2,7-12H2,1H3,(H,19,22). The lowest BCUT2D eigenvalue weighted by Crippen LogP contribution is -2.50. The second-order valence-corrected chi connectivity index (χ2v) is 11.4. The molecule has 1 saturated heterocycles. The van der Waals surface area contributed by atoms with Gasteiger partial charge in [-0.3, -0.25) is 9.69 Å². The van der Waals surface area contributed by atoms with E-state index in [1.807, 2.05) is 11.0 Å². The number of nitrogens with zero attached hydrogens (tertiary/aromatic N) is 2. The third kappa shape index (κ3) is 5.30. The monoisotopic (exact) mass is 447 g/mol. The maximum atomic E-state index is 12.6. The molecule has 1 fully saturated rings. The van der Waals surface area contributed by atoms with E-state index in [0.29, 0.717) is 37.1 Å². The minimum Gasteiger partial charge on any atom is -0.350 e. The van der Waals surface area contributed by atoms with E-state index in [1.165, 1.54) is 15.2 Å². The largest absolute Gasteiger partial charge is 0.350 e. The molecule has 3 rings (SSSR count). The van der Waals surface area contributed by atoms with Crippen molar-refractivity contribution in [3.63, 3.8) is 0 Å². The Morgan fingerprint density at radius 1 is 1.11 bits per heavy atom. The number of nitrogens with one attached hydrogen (secondary N) is 1. The summed E-state index contributed by atoms with van der Waals surface area (Å²) in [7, 11) is -3.50. The number of thiophene rings is 2. The second kappa shape index (κ2) is 9.02. The summed E-state index contributed by atoms with van der Waals surface area (Å²) in [6.07, 6.45) is 1.00. The van der Waals surface area contributed by atoms with Gasteiger partial charge in [0.05, 0.1) is 17.4 Å². The minimum atomic E-state index is -3.50. The topological polar surface area (TPSA) is 69.7 Å². The van der Waals surface area contributed by atoms with E-state index in [0.717, 1.165) is 22.6 Å². The zero-order chi connectivity index (χ0) is 19.4. The van der Waals surface area contributed by atoms with Crippen LogP contribution in [0.5, 0.6) is 0 Å². The van der Waals surface area contributed by atoms with Crippen LogP contribution in [0.1, 0.15) is 16.7 Å². The highest BCUT2D eigenvalue weighted by Crippen LogP contribution is 2.28. The van der Waals surface area contributed by atoms with Gasteiger partial charge in [0.1, 0.15) is 4.21 Å². The van der Waals surface area contributed by atoms with Crippen molar-refractivity contribution in [1.82, 2.24) is 14.5 Å². The normalized spacial score (nSPS) is 16.5. The second-order valence-electron chi connectivity index (χ2n) is 6.24. The molecule has 1 amide bonds. The number of rotatable bonds is 7. The van der Waals surface area contributed by atoms with Crippen LogP contribution in [0.25, 0.3) is 0 Å².